The number of hydrogen-bond acceptors (Lipinski definition) is 5. The molecule has 0 spiro atoms. The van der Waals surface area contributed by atoms with E-state index >= 15 is 0 Å². The van der Waals surface area contributed by atoms with Crippen molar-refractivity contribution in [3.63, 3.8) is 0 Å². The van der Waals surface area contributed by atoms with Crippen LogP contribution in [0.1, 0.15) is 36.6 Å². The minimum Gasteiger partial charge on any atom is -0.357 e. The van der Waals surface area contributed by atoms with E-state index in [1.807, 2.05) is 20.0 Å². The molecule has 0 aromatic carbocycles. The molecule has 0 bridgehead atoms. The molecule has 7 nitrogen and oxygen atoms in total. The molecule has 2 N–H and O–H groups in total. The van der Waals surface area contributed by atoms with E-state index < -0.39 is 10.0 Å². The van der Waals surface area contributed by atoms with Gasteiger partial charge in [-0.2, -0.15) is 0 Å². The van der Waals surface area contributed by atoms with Crippen LogP contribution in [0.5, 0.6) is 0 Å². The van der Waals surface area contributed by atoms with Gasteiger partial charge in [0.15, 0.2) is 5.96 Å². The van der Waals surface area contributed by atoms with Gasteiger partial charge < -0.3 is 10.6 Å². The number of aliphatic imine (C=N–C) groups is 1. The maximum atomic E-state index is 11.9. The zero-order valence-electron chi connectivity index (χ0n) is 14.6. The second kappa shape index (κ2) is 8.77. The molecule has 0 atom stereocenters. The maximum Gasteiger partial charge on any atom is 0.213 e. The molecule has 1 aliphatic heterocycles. The predicted molar refractivity (Wildman–Crippen MR) is 98.9 cm³/mol. The van der Waals surface area contributed by atoms with Crippen LogP contribution in [0.2, 0.25) is 0 Å². The summed E-state index contributed by atoms with van der Waals surface area (Å²) >= 11 is 1.65. The summed E-state index contributed by atoms with van der Waals surface area (Å²) in [4.78, 5) is 10.1. The van der Waals surface area contributed by atoms with Crippen molar-refractivity contribution < 1.29 is 8.42 Å². The summed E-state index contributed by atoms with van der Waals surface area (Å²) < 4.78 is 25.4. The Kier molecular flexibility index (Phi) is 7.00. The molecule has 0 saturated carbocycles. The lowest BCUT2D eigenvalue weighted by Gasteiger charge is -2.32. The van der Waals surface area contributed by atoms with Gasteiger partial charge in [0.25, 0.3) is 0 Å². The molecular formula is C15H27N5O2S2. The van der Waals surface area contributed by atoms with E-state index in [1.165, 1.54) is 4.88 Å². The number of nitrogens with zero attached hydrogens (tertiary/aromatic N) is 3. The van der Waals surface area contributed by atoms with E-state index in [1.54, 1.807) is 22.6 Å². The van der Waals surface area contributed by atoms with Crippen LogP contribution in [0.25, 0.3) is 0 Å². The van der Waals surface area contributed by atoms with E-state index in [4.69, 9.17) is 0 Å². The van der Waals surface area contributed by atoms with Gasteiger partial charge in [-0.05, 0) is 33.6 Å². The Morgan fingerprint density at radius 1 is 1.42 bits per heavy atom. The van der Waals surface area contributed by atoms with Crippen LogP contribution in [0.4, 0.5) is 0 Å². The van der Waals surface area contributed by atoms with Gasteiger partial charge in [0.1, 0.15) is 5.01 Å². The Morgan fingerprint density at radius 2 is 2.12 bits per heavy atom. The number of aromatic nitrogens is 1. The van der Waals surface area contributed by atoms with E-state index in [2.05, 4.69) is 20.6 Å². The van der Waals surface area contributed by atoms with Crippen molar-refractivity contribution >= 4 is 27.3 Å². The van der Waals surface area contributed by atoms with Crippen LogP contribution in [-0.2, 0) is 16.6 Å². The highest BCUT2D eigenvalue weighted by Gasteiger charge is 2.26. The van der Waals surface area contributed by atoms with Crippen LogP contribution < -0.4 is 10.6 Å². The van der Waals surface area contributed by atoms with Crippen molar-refractivity contribution in [1.82, 2.24) is 19.9 Å². The fourth-order valence-electron chi connectivity index (χ4n) is 2.60. The summed E-state index contributed by atoms with van der Waals surface area (Å²) in [6.45, 7) is 8.23. The maximum absolute atomic E-state index is 11.9. The predicted octanol–water partition coefficient (Wildman–Crippen LogP) is 1.32. The van der Waals surface area contributed by atoms with Gasteiger partial charge in [-0.3, -0.25) is 0 Å². The molecule has 136 valence electrons. The van der Waals surface area contributed by atoms with Gasteiger partial charge in [0.05, 0.1) is 12.3 Å². The van der Waals surface area contributed by atoms with E-state index in [9.17, 15) is 8.42 Å². The lowest BCUT2D eigenvalue weighted by Crippen LogP contribution is -2.50. The van der Waals surface area contributed by atoms with Crippen molar-refractivity contribution in [3.8, 4) is 0 Å². The average molecular weight is 374 g/mol. The summed E-state index contributed by atoms with van der Waals surface area (Å²) in [6.07, 6.45) is 3.44. The average Bonchev–Trinajstić information content (AvgIpc) is 2.99. The smallest absolute Gasteiger partial charge is 0.213 e. The summed E-state index contributed by atoms with van der Waals surface area (Å²) in [5, 5.41) is 7.66. The van der Waals surface area contributed by atoms with Crippen LogP contribution >= 0.6 is 11.3 Å². The monoisotopic (exact) mass is 373 g/mol. The lowest BCUT2D eigenvalue weighted by molar-refractivity contribution is 0.306. The molecule has 1 saturated heterocycles. The molecule has 0 amide bonds. The molecule has 24 heavy (non-hydrogen) atoms. The van der Waals surface area contributed by atoms with Gasteiger partial charge in [0.2, 0.25) is 10.0 Å². The van der Waals surface area contributed by atoms with Crippen molar-refractivity contribution in [3.05, 3.63) is 16.1 Å². The molecule has 1 aliphatic rings. The number of thiazole rings is 1. The summed E-state index contributed by atoms with van der Waals surface area (Å²) in [5.74, 6) is 0.935. The first kappa shape index (κ1) is 19.1. The van der Waals surface area contributed by atoms with Crippen LogP contribution in [0.3, 0.4) is 0 Å². The lowest BCUT2D eigenvalue weighted by atomic mass is 10.1. The Bertz CT molecular complexity index is 649. The number of guanidine groups is 1. The van der Waals surface area contributed by atoms with E-state index in [-0.39, 0.29) is 11.8 Å². The van der Waals surface area contributed by atoms with Crippen molar-refractivity contribution in [1.29, 1.82) is 0 Å². The fraction of sp³-hybridized carbons (Fsp3) is 0.733. The molecule has 2 heterocycles. The summed E-state index contributed by atoms with van der Waals surface area (Å²) in [5.41, 5.74) is 0. The fourth-order valence-corrected chi connectivity index (χ4v) is 4.44. The Morgan fingerprint density at radius 3 is 2.67 bits per heavy atom. The van der Waals surface area contributed by atoms with Crippen LogP contribution in [0, 0.1) is 6.92 Å². The number of aryl methyl sites for hydroxylation is 1. The third kappa shape index (κ3) is 5.42. The first-order chi connectivity index (χ1) is 11.4. The quantitative estimate of drug-likeness (QED) is 0.580. The minimum atomic E-state index is -3.07. The zero-order chi connectivity index (χ0) is 17.6. The number of sulfonamides is 1. The molecule has 9 heteroatoms. The van der Waals surface area contributed by atoms with Crippen molar-refractivity contribution in [2.45, 2.75) is 46.2 Å². The highest BCUT2D eigenvalue weighted by atomic mass is 32.2. The molecule has 1 aromatic heterocycles. The molecule has 0 radical (unpaired) electrons. The van der Waals surface area contributed by atoms with Crippen LogP contribution in [-0.4, -0.2) is 55.1 Å². The Labute approximate surface area is 148 Å². The largest absolute Gasteiger partial charge is 0.357 e. The van der Waals surface area contributed by atoms with E-state index in [0.717, 1.165) is 30.4 Å². The molecule has 2 rings (SSSR count). The molecular weight excluding hydrogens is 346 g/mol. The highest BCUT2D eigenvalue weighted by molar-refractivity contribution is 7.89. The second-order valence-electron chi connectivity index (χ2n) is 5.78. The van der Waals surface area contributed by atoms with Crippen molar-refractivity contribution in [2.75, 3.05) is 25.4 Å². The van der Waals surface area contributed by atoms with Crippen molar-refractivity contribution in [2.24, 2.45) is 4.99 Å². The number of piperidine rings is 1. The topological polar surface area (TPSA) is 86.7 Å². The molecule has 1 fully saturated rings. The summed E-state index contributed by atoms with van der Waals surface area (Å²) in [6, 6.07) is 0.240. The van der Waals surface area contributed by atoms with Crippen LogP contribution in [0.15, 0.2) is 11.2 Å². The normalized spacial score (nSPS) is 17.9. The minimum absolute atomic E-state index is 0.169. The van der Waals surface area contributed by atoms with Gasteiger partial charge in [-0.15, -0.1) is 11.3 Å². The van der Waals surface area contributed by atoms with Gasteiger partial charge in [-0.25, -0.2) is 22.7 Å². The van der Waals surface area contributed by atoms with E-state index in [0.29, 0.717) is 19.6 Å². The Hall–Kier alpha value is -1.19. The second-order valence-corrected chi connectivity index (χ2v) is 9.35. The standard InChI is InChI=1S/C15H27N5O2S2/c1-4-16-15(18-11-14-17-10-12(3)23-14)19-13-6-8-20(9-7-13)24(21,22)5-2/h10,13H,4-9,11H2,1-3H3,(H2,16,18,19). The summed E-state index contributed by atoms with van der Waals surface area (Å²) in [7, 11) is -3.07. The molecule has 0 aliphatic carbocycles. The first-order valence-corrected chi connectivity index (χ1v) is 10.8. The number of rotatable bonds is 6. The Balaban J connectivity index is 1.89. The molecule has 0 unspecified atom stereocenters. The third-order valence-electron chi connectivity index (χ3n) is 3.94. The zero-order valence-corrected chi connectivity index (χ0v) is 16.2. The number of hydrogen-bond donors (Lipinski definition) is 2. The third-order valence-corrected chi connectivity index (χ3v) is 6.72. The van der Waals surface area contributed by atoms with Gasteiger partial charge >= 0.3 is 0 Å². The highest BCUT2D eigenvalue weighted by Crippen LogP contribution is 2.15. The van der Waals surface area contributed by atoms with Gasteiger partial charge in [0, 0.05) is 36.8 Å². The molecule has 1 aromatic rings. The SMILES string of the molecule is CCNC(=NCc1ncc(C)s1)NC1CCN(S(=O)(=O)CC)CC1. The van der Waals surface area contributed by atoms with Gasteiger partial charge in [-0.1, -0.05) is 0 Å². The number of nitrogens with one attached hydrogen (secondary N) is 2. The first-order valence-electron chi connectivity index (χ1n) is 8.38.